The fraction of sp³-hybridized carbons (Fsp3) is 0.471. The van der Waals surface area contributed by atoms with Crippen molar-refractivity contribution < 1.29 is 13.9 Å². The minimum Gasteiger partial charge on any atom is -0.423 e. The number of likely N-dealkylation sites (N-methyl/N-ethyl adjacent to an activating group) is 1. The monoisotopic (exact) mass is 330 g/mol. The van der Waals surface area contributed by atoms with E-state index in [4.69, 9.17) is 9.15 Å². The number of rotatable bonds is 5. The molecule has 7 heteroatoms. The van der Waals surface area contributed by atoms with Gasteiger partial charge < -0.3 is 14.1 Å². The first kappa shape index (κ1) is 16.6. The second-order valence-corrected chi connectivity index (χ2v) is 6.02. The number of carbonyl (C=O) groups excluding carboxylic acids is 1. The molecule has 2 aromatic rings. The van der Waals surface area contributed by atoms with E-state index in [0.29, 0.717) is 38.0 Å². The molecule has 0 unspecified atom stereocenters. The van der Waals surface area contributed by atoms with E-state index >= 15 is 0 Å². The van der Waals surface area contributed by atoms with Crippen molar-refractivity contribution >= 4 is 5.91 Å². The first-order valence-electron chi connectivity index (χ1n) is 8.03. The summed E-state index contributed by atoms with van der Waals surface area (Å²) in [5, 5.41) is 7.81. The number of ether oxygens (including phenoxy) is 1. The van der Waals surface area contributed by atoms with Crippen LogP contribution in [0.3, 0.4) is 0 Å². The topological polar surface area (TPSA) is 71.7 Å². The normalized spacial score (nSPS) is 18.1. The van der Waals surface area contributed by atoms with E-state index in [1.165, 1.54) is 5.56 Å². The second-order valence-electron chi connectivity index (χ2n) is 6.02. The van der Waals surface area contributed by atoms with Crippen molar-refractivity contribution in [1.82, 2.24) is 20.0 Å². The molecule has 1 aliphatic heterocycles. The Bertz CT molecular complexity index is 673. The molecule has 1 aliphatic rings. The molecule has 1 amide bonds. The van der Waals surface area contributed by atoms with E-state index in [0.717, 1.165) is 6.54 Å². The third-order valence-corrected chi connectivity index (χ3v) is 3.94. The summed E-state index contributed by atoms with van der Waals surface area (Å²) in [6.07, 6.45) is -0.344. The lowest BCUT2D eigenvalue weighted by Gasteiger charge is -2.32. The van der Waals surface area contributed by atoms with E-state index in [1.54, 1.807) is 11.8 Å². The molecule has 7 nitrogen and oxygen atoms in total. The van der Waals surface area contributed by atoms with Gasteiger partial charge in [-0.25, -0.2) is 0 Å². The Labute approximate surface area is 141 Å². The SMILES string of the molecule is Cc1nnc([C@H]2CN(C(=O)CN(C)Cc3ccccc3)CCO2)o1. The van der Waals surface area contributed by atoms with Crippen LogP contribution in [0.15, 0.2) is 34.7 Å². The molecule has 0 saturated carbocycles. The zero-order valence-corrected chi connectivity index (χ0v) is 14.0. The predicted octanol–water partition coefficient (Wildman–Crippen LogP) is 1.41. The summed E-state index contributed by atoms with van der Waals surface area (Å²) >= 11 is 0. The second kappa shape index (κ2) is 7.55. The van der Waals surface area contributed by atoms with Gasteiger partial charge in [0, 0.05) is 20.0 Å². The van der Waals surface area contributed by atoms with Gasteiger partial charge in [0.05, 0.1) is 19.7 Å². The highest BCUT2D eigenvalue weighted by Gasteiger charge is 2.29. The standard InChI is InChI=1S/C17H22N4O3/c1-13-18-19-17(24-13)15-11-21(8-9-23-15)16(22)12-20(2)10-14-6-4-3-5-7-14/h3-7,15H,8-12H2,1-2H3/t15-/m1/s1. The number of hydrogen-bond acceptors (Lipinski definition) is 6. The van der Waals surface area contributed by atoms with Gasteiger partial charge in [-0.2, -0.15) is 0 Å². The minimum absolute atomic E-state index is 0.0815. The maximum atomic E-state index is 12.5. The van der Waals surface area contributed by atoms with Crippen molar-refractivity contribution in [2.45, 2.75) is 19.6 Å². The van der Waals surface area contributed by atoms with Crippen LogP contribution in [0.25, 0.3) is 0 Å². The average molecular weight is 330 g/mol. The Kier molecular flexibility index (Phi) is 5.22. The number of amides is 1. The largest absolute Gasteiger partial charge is 0.423 e. The molecular weight excluding hydrogens is 308 g/mol. The van der Waals surface area contributed by atoms with Crippen LogP contribution in [-0.2, 0) is 16.1 Å². The fourth-order valence-electron chi connectivity index (χ4n) is 2.75. The fourth-order valence-corrected chi connectivity index (χ4v) is 2.75. The molecule has 0 bridgehead atoms. The van der Waals surface area contributed by atoms with Crippen LogP contribution in [0, 0.1) is 6.92 Å². The van der Waals surface area contributed by atoms with Crippen molar-refractivity contribution in [3.63, 3.8) is 0 Å². The maximum Gasteiger partial charge on any atom is 0.246 e. The van der Waals surface area contributed by atoms with Crippen molar-refractivity contribution in [3.05, 3.63) is 47.7 Å². The highest BCUT2D eigenvalue weighted by molar-refractivity contribution is 5.78. The third kappa shape index (κ3) is 4.18. The maximum absolute atomic E-state index is 12.5. The first-order valence-corrected chi connectivity index (χ1v) is 8.03. The van der Waals surface area contributed by atoms with Gasteiger partial charge in [0.1, 0.15) is 0 Å². The Morgan fingerprint density at radius 1 is 1.33 bits per heavy atom. The van der Waals surface area contributed by atoms with E-state index in [1.807, 2.05) is 30.1 Å². The van der Waals surface area contributed by atoms with Crippen LogP contribution in [0.4, 0.5) is 0 Å². The van der Waals surface area contributed by atoms with Gasteiger partial charge in [0.25, 0.3) is 0 Å². The van der Waals surface area contributed by atoms with Crippen LogP contribution >= 0.6 is 0 Å². The number of benzene rings is 1. The smallest absolute Gasteiger partial charge is 0.246 e. The Balaban J connectivity index is 1.54. The summed E-state index contributed by atoms with van der Waals surface area (Å²) in [5.41, 5.74) is 1.19. The van der Waals surface area contributed by atoms with Gasteiger partial charge in [-0.1, -0.05) is 30.3 Å². The van der Waals surface area contributed by atoms with Gasteiger partial charge in [-0.3, -0.25) is 9.69 Å². The van der Waals surface area contributed by atoms with Crippen LogP contribution in [-0.4, -0.2) is 59.2 Å². The summed E-state index contributed by atoms with van der Waals surface area (Å²) in [5.74, 6) is 1.01. The summed E-state index contributed by atoms with van der Waals surface area (Å²) in [4.78, 5) is 16.4. The average Bonchev–Trinajstić information content (AvgIpc) is 3.02. The van der Waals surface area contributed by atoms with Gasteiger partial charge in [0.2, 0.25) is 17.7 Å². The number of aryl methyl sites for hydroxylation is 1. The molecule has 1 atom stereocenters. The molecule has 0 radical (unpaired) electrons. The molecule has 1 saturated heterocycles. The van der Waals surface area contributed by atoms with Crippen molar-refractivity contribution in [3.8, 4) is 0 Å². The summed E-state index contributed by atoms with van der Waals surface area (Å²) in [6, 6.07) is 10.1. The highest BCUT2D eigenvalue weighted by atomic mass is 16.5. The van der Waals surface area contributed by atoms with Gasteiger partial charge in [-0.05, 0) is 12.6 Å². The molecular formula is C17H22N4O3. The molecule has 0 aliphatic carbocycles. The predicted molar refractivity (Wildman–Crippen MR) is 87.1 cm³/mol. The van der Waals surface area contributed by atoms with Crippen LogP contribution in [0.2, 0.25) is 0 Å². The van der Waals surface area contributed by atoms with Crippen molar-refractivity contribution in [2.75, 3.05) is 33.3 Å². The molecule has 2 heterocycles. The van der Waals surface area contributed by atoms with E-state index in [-0.39, 0.29) is 12.0 Å². The molecule has 0 spiro atoms. The lowest BCUT2D eigenvalue weighted by Crippen LogP contribution is -2.46. The molecule has 128 valence electrons. The molecule has 1 aromatic carbocycles. The number of nitrogens with zero attached hydrogens (tertiary/aromatic N) is 4. The zero-order valence-electron chi connectivity index (χ0n) is 14.0. The molecule has 24 heavy (non-hydrogen) atoms. The van der Waals surface area contributed by atoms with Crippen molar-refractivity contribution in [1.29, 1.82) is 0 Å². The van der Waals surface area contributed by atoms with Crippen LogP contribution in [0.1, 0.15) is 23.4 Å². The van der Waals surface area contributed by atoms with Crippen LogP contribution < -0.4 is 0 Å². The summed E-state index contributed by atoms with van der Waals surface area (Å²) < 4.78 is 11.1. The Morgan fingerprint density at radius 2 is 2.12 bits per heavy atom. The summed E-state index contributed by atoms with van der Waals surface area (Å²) in [6.45, 7) is 4.34. The molecule has 1 aromatic heterocycles. The highest BCUT2D eigenvalue weighted by Crippen LogP contribution is 2.21. The summed E-state index contributed by atoms with van der Waals surface area (Å²) in [7, 11) is 1.95. The first-order chi connectivity index (χ1) is 11.6. The molecule has 3 rings (SSSR count). The zero-order chi connectivity index (χ0) is 16.9. The van der Waals surface area contributed by atoms with Gasteiger partial charge in [-0.15, -0.1) is 10.2 Å². The van der Waals surface area contributed by atoms with Gasteiger partial charge >= 0.3 is 0 Å². The Morgan fingerprint density at radius 3 is 2.83 bits per heavy atom. The van der Waals surface area contributed by atoms with Crippen LogP contribution in [0.5, 0.6) is 0 Å². The lowest BCUT2D eigenvalue weighted by molar-refractivity contribution is -0.140. The minimum atomic E-state index is -0.344. The quantitative estimate of drug-likeness (QED) is 0.825. The number of hydrogen-bond donors (Lipinski definition) is 0. The number of carbonyl (C=O) groups is 1. The van der Waals surface area contributed by atoms with E-state index in [9.17, 15) is 4.79 Å². The molecule has 0 N–H and O–H groups in total. The van der Waals surface area contributed by atoms with Gasteiger partial charge in [0.15, 0.2) is 6.10 Å². The number of aromatic nitrogens is 2. The molecule has 1 fully saturated rings. The lowest BCUT2D eigenvalue weighted by atomic mass is 10.2. The number of morpholine rings is 1. The van der Waals surface area contributed by atoms with E-state index < -0.39 is 0 Å². The van der Waals surface area contributed by atoms with Crippen molar-refractivity contribution in [2.24, 2.45) is 0 Å². The van der Waals surface area contributed by atoms with E-state index in [2.05, 4.69) is 22.3 Å². The Hall–Kier alpha value is -2.25. The third-order valence-electron chi connectivity index (χ3n) is 3.94.